The van der Waals surface area contributed by atoms with Crippen molar-refractivity contribution in [3.8, 4) is 12.1 Å². The van der Waals surface area contributed by atoms with Gasteiger partial charge in [0, 0.05) is 81.4 Å². The fourth-order valence-corrected chi connectivity index (χ4v) is 14.2. The van der Waals surface area contributed by atoms with Gasteiger partial charge < -0.3 is 22.8 Å². The van der Waals surface area contributed by atoms with E-state index >= 15 is 0 Å². The van der Waals surface area contributed by atoms with Gasteiger partial charge in [-0.25, -0.2) is 9.34 Å². The molecular formula is C59H74B2N4O7P2S. The first-order valence-electron chi connectivity index (χ1n) is 25.8. The van der Waals surface area contributed by atoms with Gasteiger partial charge in [-0.05, 0) is 118 Å². The predicted octanol–water partition coefficient (Wildman–Crippen LogP) is 14.6. The molecule has 0 saturated heterocycles. The van der Waals surface area contributed by atoms with E-state index in [4.69, 9.17) is 33.4 Å². The van der Waals surface area contributed by atoms with Crippen LogP contribution in [0.15, 0.2) is 97.1 Å². The molecule has 6 radical (unpaired) electrons. The van der Waals surface area contributed by atoms with Crippen molar-refractivity contribution < 1.29 is 32.4 Å². The molecule has 0 heterocycles. The molecule has 0 spiro atoms. The predicted molar refractivity (Wildman–Crippen MR) is 313 cm³/mol. The van der Waals surface area contributed by atoms with E-state index in [1.54, 1.807) is 42.1 Å². The maximum atomic E-state index is 13.3. The van der Waals surface area contributed by atoms with Crippen LogP contribution in [0.2, 0.25) is 0 Å². The molecule has 0 saturated carbocycles. The van der Waals surface area contributed by atoms with Gasteiger partial charge in [-0.2, -0.15) is 22.3 Å². The topological polar surface area (TPSA) is 134 Å². The fraction of sp³-hybridized carbons (Fsp3) is 0.458. The van der Waals surface area contributed by atoms with Crippen LogP contribution >= 0.6 is 28.8 Å². The van der Waals surface area contributed by atoms with Crippen LogP contribution in [-0.2, 0) is 35.2 Å². The van der Waals surface area contributed by atoms with Crippen molar-refractivity contribution in [1.29, 1.82) is 10.5 Å². The molecule has 1 aliphatic carbocycles. The Morgan fingerprint density at radius 1 is 0.560 bits per heavy atom. The molecule has 0 aromatic heterocycles. The molecule has 0 fully saturated rings. The summed E-state index contributed by atoms with van der Waals surface area (Å²) in [6.45, 7) is 23.3. The minimum absolute atomic E-state index is 0. The van der Waals surface area contributed by atoms with Crippen molar-refractivity contribution in [2.24, 2.45) is 0 Å². The first-order chi connectivity index (χ1) is 35.2. The van der Waals surface area contributed by atoms with Gasteiger partial charge in [-0.3, -0.25) is 9.59 Å². The molecule has 7 rings (SSSR count). The minimum Gasteiger partial charge on any atom is -0.377 e. The summed E-state index contributed by atoms with van der Waals surface area (Å²) in [7, 11) is -2.56. The first kappa shape index (κ1) is 63.3. The summed E-state index contributed by atoms with van der Waals surface area (Å²) in [6, 6.07) is 37.7. The van der Waals surface area contributed by atoms with Crippen LogP contribution in [0.3, 0.4) is 0 Å². The van der Waals surface area contributed by atoms with Gasteiger partial charge in [-0.1, -0.05) is 111 Å². The highest BCUT2D eigenvalue weighted by atomic mass is 32.2. The second-order valence-corrected chi connectivity index (χ2v) is 23.2. The zero-order valence-electron chi connectivity index (χ0n) is 45.6. The zero-order chi connectivity index (χ0) is 52.6. The molecule has 0 N–H and O–H groups in total. The first-order valence-corrected chi connectivity index (χ1v) is 29.3. The summed E-state index contributed by atoms with van der Waals surface area (Å²) >= 11 is 1.69. The van der Waals surface area contributed by atoms with Gasteiger partial charge >= 0.3 is 0 Å². The van der Waals surface area contributed by atoms with Crippen LogP contribution in [-0.4, -0.2) is 99.7 Å². The van der Waals surface area contributed by atoms with Gasteiger partial charge in [-0.15, -0.1) is 0 Å². The molecule has 6 aromatic carbocycles. The van der Waals surface area contributed by atoms with E-state index in [-0.39, 0.29) is 64.8 Å². The van der Waals surface area contributed by atoms with Crippen molar-refractivity contribution in [3.63, 3.8) is 0 Å². The van der Waals surface area contributed by atoms with Crippen LogP contribution in [0.4, 0.5) is 0 Å². The SMILES string of the molecule is CC[C@H](CCOCc1ccc2ccc3cccc4ccc1c2c34)OP(OCCC#N)N(C(C)C)C(C)C.CC[C@H](CSCc1cccc2c1C(=O)c1ccccc1C2=O)OP(OCCC#N)N(C(C)C)C(C)C.[B].[B]. The Morgan fingerprint density at radius 2 is 1.05 bits per heavy atom. The monoisotopic (exact) mass is 1070 g/mol. The van der Waals surface area contributed by atoms with E-state index < -0.39 is 17.1 Å². The van der Waals surface area contributed by atoms with Gasteiger partial charge in [0.25, 0.3) is 17.1 Å². The van der Waals surface area contributed by atoms with E-state index in [2.05, 4.69) is 145 Å². The average molecular weight is 1070 g/mol. The number of ketones is 2. The second kappa shape index (κ2) is 31.2. The summed E-state index contributed by atoms with van der Waals surface area (Å²) in [5.74, 6) is 1.15. The van der Waals surface area contributed by atoms with Gasteiger partial charge in [0.15, 0.2) is 11.6 Å². The lowest BCUT2D eigenvalue weighted by Crippen LogP contribution is -2.35. The van der Waals surface area contributed by atoms with Gasteiger partial charge in [0.1, 0.15) is 0 Å². The molecule has 394 valence electrons. The van der Waals surface area contributed by atoms with Gasteiger partial charge in [0.05, 0.1) is 57.0 Å². The lowest BCUT2D eigenvalue weighted by Gasteiger charge is -2.37. The van der Waals surface area contributed by atoms with Crippen molar-refractivity contribution in [1.82, 2.24) is 9.34 Å². The Balaban J connectivity index is 0.000000316. The van der Waals surface area contributed by atoms with Crippen molar-refractivity contribution in [2.75, 3.05) is 25.6 Å². The molecule has 4 atom stereocenters. The van der Waals surface area contributed by atoms with Crippen LogP contribution < -0.4 is 0 Å². The molecule has 16 heteroatoms. The number of benzene rings is 6. The average Bonchev–Trinajstić information content (AvgIpc) is 3.37. The van der Waals surface area contributed by atoms with Crippen molar-refractivity contribution in [3.05, 3.63) is 130 Å². The highest BCUT2D eigenvalue weighted by Crippen LogP contribution is 2.49. The number of carbonyl (C=O) groups excluding carboxylic acids is 2. The van der Waals surface area contributed by atoms with E-state index in [9.17, 15) is 9.59 Å². The summed E-state index contributed by atoms with van der Waals surface area (Å²) in [4.78, 5) is 26.3. The zero-order valence-corrected chi connectivity index (χ0v) is 48.2. The Bertz CT molecular complexity index is 2810. The Morgan fingerprint density at radius 3 is 1.60 bits per heavy atom. The number of nitrogens with zero attached hydrogens (tertiary/aromatic N) is 4. The lowest BCUT2D eigenvalue weighted by atomic mass is 9.82. The Hall–Kier alpha value is -4.26. The maximum absolute atomic E-state index is 13.3. The largest absolute Gasteiger partial charge is 0.377 e. The summed E-state index contributed by atoms with van der Waals surface area (Å²) in [5, 5.41) is 25.7. The van der Waals surface area contributed by atoms with Crippen LogP contribution in [0.25, 0.3) is 32.3 Å². The van der Waals surface area contributed by atoms with Gasteiger partial charge in [0.2, 0.25) is 0 Å². The standard InChI is InChI=1S/C31H39N2O3P.C28H35N2O4PS.2B/c1-6-28(36-37(35-19-8-18-32)33(22(2)3)23(4)5)17-20-34-21-27-14-13-26-12-11-24-9-7-10-25-15-16-29(27)31(26)30(24)25;1-6-22(34-35(33-16-10-15-29)30(19(2)3)20(4)5)18-36-17-21-11-9-14-25-26(21)28(32)24-13-8-7-12-23(24)27(25)31;;/h7,9-16,22-23,28H,6,8,17,19-21H2,1-5H3;7-9,11-14,19-20,22H,6,10,16-18H2,1-5H3;;/t28-,37?;22-,35?;;/m11../s1. The Kier molecular flexibility index (Phi) is 26.3. The van der Waals surface area contributed by atoms with Crippen LogP contribution in [0.1, 0.15) is 144 Å². The molecule has 2 unspecified atom stereocenters. The maximum Gasteiger partial charge on any atom is 0.259 e. The number of thioether (sulfide) groups is 1. The third-order valence-electron chi connectivity index (χ3n) is 12.8. The number of rotatable bonds is 27. The highest BCUT2D eigenvalue weighted by molar-refractivity contribution is 7.98. The number of hydrogen-bond acceptors (Lipinski definition) is 12. The molecule has 75 heavy (non-hydrogen) atoms. The number of hydrogen-bond donors (Lipinski definition) is 0. The molecule has 1 aliphatic rings. The summed E-state index contributed by atoms with van der Waals surface area (Å²) in [5.41, 5.74) is 4.05. The van der Waals surface area contributed by atoms with Crippen molar-refractivity contribution in [2.45, 2.75) is 150 Å². The summed E-state index contributed by atoms with van der Waals surface area (Å²) in [6.07, 6.45) is 3.18. The number of carbonyl (C=O) groups is 2. The lowest BCUT2D eigenvalue weighted by molar-refractivity contribution is 0.0699. The number of nitriles is 2. The molecule has 6 aromatic rings. The van der Waals surface area contributed by atoms with E-state index in [1.807, 2.05) is 12.1 Å². The van der Waals surface area contributed by atoms with E-state index in [0.717, 1.165) is 30.6 Å². The second-order valence-electron chi connectivity index (χ2n) is 19.3. The highest BCUT2D eigenvalue weighted by Gasteiger charge is 2.33. The third-order valence-corrected chi connectivity index (χ3v) is 18.3. The molecule has 0 amide bonds. The molecular weight excluding hydrogens is 992 g/mol. The quantitative estimate of drug-likeness (QED) is 0.0210. The molecule has 11 nitrogen and oxygen atoms in total. The third kappa shape index (κ3) is 16.2. The van der Waals surface area contributed by atoms with Crippen LogP contribution in [0, 0.1) is 22.7 Å². The Labute approximate surface area is 457 Å². The van der Waals surface area contributed by atoms with Crippen molar-refractivity contribution >= 4 is 89.5 Å². The van der Waals surface area contributed by atoms with Crippen LogP contribution in [0.5, 0.6) is 0 Å². The van der Waals surface area contributed by atoms with E-state index in [1.165, 1.54) is 37.9 Å². The smallest absolute Gasteiger partial charge is 0.259 e. The number of fused-ring (bicyclic) bond motifs is 2. The minimum atomic E-state index is -1.31. The summed E-state index contributed by atoms with van der Waals surface area (Å²) < 4.78 is 35.8. The normalized spacial score (nSPS) is 13.9. The van der Waals surface area contributed by atoms with E-state index in [0.29, 0.717) is 67.3 Å². The molecule has 0 aliphatic heterocycles. The fourth-order valence-electron chi connectivity index (χ4n) is 9.35. The number of ether oxygens (including phenoxy) is 1. The molecule has 0 bridgehead atoms.